The summed E-state index contributed by atoms with van der Waals surface area (Å²) >= 11 is 0. The summed E-state index contributed by atoms with van der Waals surface area (Å²) in [6.07, 6.45) is 13.4. The highest BCUT2D eigenvalue weighted by Gasteiger charge is 2.67. The van der Waals surface area contributed by atoms with E-state index in [0.717, 1.165) is 77.3 Å². The summed E-state index contributed by atoms with van der Waals surface area (Å²) in [5.74, 6) is 5.52. The number of aromatic hydroxyl groups is 1. The third-order valence-electron chi connectivity index (χ3n) is 17.4. The Kier molecular flexibility index (Phi) is 8.77. The lowest BCUT2D eigenvalue weighted by Crippen LogP contribution is -2.67. The molecule has 2 saturated heterocycles. The first-order valence-electron chi connectivity index (χ1n) is 21.1. The van der Waals surface area contributed by atoms with Crippen LogP contribution in [0, 0.1) is 64.1 Å². The summed E-state index contributed by atoms with van der Waals surface area (Å²) in [6.45, 7) is 9.43. The van der Waals surface area contributed by atoms with Gasteiger partial charge in [-0.2, -0.15) is 0 Å². The van der Waals surface area contributed by atoms with Crippen molar-refractivity contribution in [2.45, 2.75) is 134 Å². The maximum absolute atomic E-state index is 12.2. The van der Waals surface area contributed by atoms with Crippen LogP contribution >= 0.6 is 0 Å². The van der Waals surface area contributed by atoms with E-state index < -0.39 is 5.60 Å². The molecule has 0 amide bonds. The summed E-state index contributed by atoms with van der Waals surface area (Å²) in [5, 5.41) is 46.6. The van der Waals surface area contributed by atoms with Gasteiger partial charge in [0.2, 0.25) is 0 Å². The quantitative estimate of drug-likeness (QED) is 0.254. The molecular formula is C46H65NO4. The van der Waals surface area contributed by atoms with Gasteiger partial charge in [-0.1, -0.05) is 56.3 Å². The number of aliphatic hydroxyl groups excluding tert-OH is 2. The van der Waals surface area contributed by atoms with Crippen LogP contribution in [0.15, 0.2) is 54.6 Å². The Morgan fingerprint density at radius 3 is 2.43 bits per heavy atom. The third kappa shape index (κ3) is 5.76. The van der Waals surface area contributed by atoms with Crippen LogP contribution in [0.25, 0.3) is 0 Å². The van der Waals surface area contributed by atoms with Crippen LogP contribution in [0.1, 0.15) is 115 Å². The zero-order valence-corrected chi connectivity index (χ0v) is 31.5. The van der Waals surface area contributed by atoms with Crippen molar-refractivity contribution in [2.24, 2.45) is 64.1 Å². The molecule has 16 atom stereocenters. The highest BCUT2D eigenvalue weighted by Crippen LogP contribution is 2.71. The molecule has 7 aliphatic rings. The normalized spacial score (nSPS) is 48.3. The van der Waals surface area contributed by atoms with Gasteiger partial charge in [-0.25, -0.2) is 0 Å². The molecule has 51 heavy (non-hydrogen) atoms. The van der Waals surface area contributed by atoms with Gasteiger partial charge in [-0.05, 0) is 184 Å². The van der Waals surface area contributed by atoms with Crippen molar-refractivity contribution in [3.63, 3.8) is 0 Å². The van der Waals surface area contributed by atoms with Crippen LogP contribution in [0.4, 0.5) is 0 Å². The molecule has 9 rings (SSSR count). The first-order chi connectivity index (χ1) is 24.4. The monoisotopic (exact) mass is 695 g/mol. The van der Waals surface area contributed by atoms with Gasteiger partial charge in [0.05, 0.1) is 17.8 Å². The zero-order chi connectivity index (χ0) is 35.3. The Labute approximate surface area is 307 Å². The Morgan fingerprint density at radius 1 is 0.804 bits per heavy atom. The van der Waals surface area contributed by atoms with Gasteiger partial charge < -0.3 is 20.4 Å². The van der Waals surface area contributed by atoms with E-state index in [2.05, 4.69) is 62.1 Å². The smallest absolute Gasteiger partial charge is 0.115 e. The molecule has 5 heteroatoms. The van der Waals surface area contributed by atoms with Crippen LogP contribution in [0.2, 0.25) is 0 Å². The minimum absolute atomic E-state index is 0.0390. The van der Waals surface area contributed by atoms with Crippen molar-refractivity contribution in [3.05, 3.63) is 65.7 Å². The van der Waals surface area contributed by atoms with Crippen LogP contribution < -0.4 is 0 Å². The molecule has 7 fully saturated rings. The molecule has 2 aromatic rings. The predicted octanol–water partition coefficient (Wildman–Crippen LogP) is 8.20. The van der Waals surface area contributed by atoms with Gasteiger partial charge >= 0.3 is 0 Å². The molecule has 5 aliphatic carbocycles. The number of fused-ring (bicyclic) bond motifs is 8. The van der Waals surface area contributed by atoms with Crippen LogP contribution in [0.5, 0.6) is 5.75 Å². The summed E-state index contributed by atoms with van der Waals surface area (Å²) in [4.78, 5) is 2.70. The number of hydrogen-bond donors (Lipinski definition) is 4. The molecule has 5 saturated carbocycles. The van der Waals surface area contributed by atoms with Gasteiger partial charge in [-0.15, -0.1) is 0 Å². The lowest BCUT2D eigenvalue weighted by atomic mass is 9.46. The van der Waals surface area contributed by atoms with E-state index in [1.54, 1.807) is 6.07 Å². The highest BCUT2D eigenvalue weighted by molar-refractivity contribution is 5.31. The van der Waals surface area contributed by atoms with Crippen LogP contribution in [0.3, 0.4) is 0 Å². The summed E-state index contributed by atoms with van der Waals surface area (Å²) < 4.78 is 0. The van der Waals surface area contributed by atoms with E-state index in [4.69, 9.17) is 0 Å². The predicted molar refractivity (Wildman–Crippen MR) is 202 cm³/mol. The molecule has 0 bridgehead atoms. The number of nitrogens with zero attached hydrogens (tertiary/aromatic N) is 1. The Hall–Kier alpha value is -1.92. The molecule has 4 N–H and O–H groups in total. The van der Waals surface area contributed by atoms with E-state index in [9.17, 15) is 20.4 Å². The summed E-state index contributed by atoms with van der Waals surface area (Å²) in [7, 11) is 0. The Balaban J connectivity index is 0.961. The number of phenolic OH excluding ortho intramolecular Hbond substituents is 1. The molecule has 2 heterocycles. The number of benzene rings is 2. The molecule has 278 valence electrons. The first kappa shape index (κ1) is 34.8. The van der Waals surface area contributed by atoms with E-state index in [1.165, 1.54) is 30.4 Å². The number of hydrogen-bond acceptors (Lipinski definition) is 5. The SMILES string of the molecule is C[C@@H]1CC[C@H]2N(C1)C[C@H]1[C@H]3C[C@@H]4[C@@H](C[C@H](O)[C@@H]5C[C@@H](O)[C@@]6(CC[C@H](C[C@H](Cc7ccccc7)c7cccc(O)c7)C6)C[C@]45C)[C@H]3CC[C@H]1[C@]2(C)O. The summed E-state index contributed by atoms with van der Waals surface area (Å²) in [6, 6.07) is 19.0. The van der Waals surface area contributed by atoms with Crippen molar-refractivity contribution in [2.75, 3.05) is 13.1 Å². The van der Waals surface area contributed by atoms with Crippen LogP contribution in [-0.4, -0.2) is 62.3 Å². The maximum Gasteiger partial charge on any atom is 0.115 e. The topological polar surface area (TPSA) is 84.2 Å². The molecule has 0 radical (unpaired) electrons. The Bertz CT molecular complexity index is 1560. The van der Waals surface area contributed by atoms with Crippen molar-refractivity contribution in [3.8, 4) is 5.75 Å². The van der Waals surface area contributed by atoms with Gasteiger partial charge in [-0.3, -0.25) is 4.90 Å². The van der Waals surface area contributed by atoms with E-state index in [-0.39, 0.29) is 29.0 Å². The van der Waals surface area contributed by atoms with Crippen LogP contribution in [-0.2, 0) is 6.42 Å². The molecule has 5 nitrogen and oxygen atoms in total. The molecule has 2 aliphatic heterocycles. The van der Waals surface area contributed by atoms with E-state index >= 15 is 0 Å². The van der Waals surface area contributed by atoms with Crippen molar-refractivity contribution < 1.29 is 20.4 Å². The molecule has 2 aromatic carbocycles. The zero-order valence-electron chi connectivity index (χ0n) is 31.5. The largest absolute Gasteiger partial charge is 0.508 e. The Morgan fingerprint density at radius 2 is 1.63 bits per heavy atom. The average Bonchev–Trinajstić information content (AvgIpc) is 3.68. The van der Waals surface area contributed by atoms with Crippen molar-refractivity contribution in [1.82, 2.24) is 4.90 Å². The molecule has 1 spiro atoms. The first-order valence-corrected chi connectivity index (χ1v) is 21.1. The fourth-order valence-corrected chi connectivity index (χ4v) is 15.3. The van der Waals surface area contributed by atoms with Gasteiger partial charge in [0.15, 0.2) is 0 Å². The van der Waals surface area contributed by atoms with E-state index in [1.807, 2.05) is 12.1 Å². The second-order valence-electron chi connectivity index (χ2n) is 20.1. The second-order valence-corrected chi connectivity index (χ2v) is 20.1. The van der Waals surface area contributed by atoms with Gasteiger partial charge in [0, 0.05) is 19.1 Å². The minimum Gasteiger partial charge on any atom is -0.508 e. The lowest BCUT2D eigenvalue weighted by Gasteiger charge is -2.60. The standard InChI is InChI=1S/C46H65NO4/c1-28-12-15-42-45(3,51)38-14-13-34-35(37(38)26-47(42)25-28)21-39-36(34)22-41(49)40-23-43(50)46(27-44(39,40)2)17-16-30(24-46)19-32(18-29-8-5-4-6-9-29)31-10-7-11-33(48)20-31/h4-11,20,28,30,32,34-43,48-51H,12-19,21-27H2,1-3H3/t28-,30-,32+,34+,35+,36+,37+,38-,39-,40+,41+,42-,43-,44-,45+,46-/m1/s1. The number of rotatable bonds is 5. The minimum atomic E-state index is -0.609. The molecular weight excluding hydrogens is 631 g/mol. The molecule has 0 aromatic heterocycles. The number of aliphatic hydroxyl groups is 3. The lowest BCUT2D eigenvalue weighted by molar-refractivity contribution is -0.180. The average molecular weight is 696 g/mol. The summed E-state index contributed by atoms with van der Waals surface area (Å²) in [5.41, 5.74) is 1.91. The number of phenols is 1. The third-order valence-corrected chi connectivity index (χ3v) is 17.4. The maximum atomic E-state index is 12.2. The fraction of sp³-hybridized carbons (Fsp3) is 0.739. The van der Waals surface area contributed by atoms with Crippen molar-refractivity contribution >= 4 is 0 Å². The van der Waals surface area contributed by atoms with Gasteiger partial charge in [0.25, 0.3) is 0 Å². The molecule has 0 unspecified atom stereocenters. The second kappa shape index (κ2) is 12.8. The highest BCUT2D eigenvalue weighted by atomic mass is 16.3. The number of piperidine rings is 2. The fourth-order valence-electron chi connectivity index (χ4n) is 15.3. The van der Waals surface area contributed by atoms with E-state index in [0.29, 0.717) is 65.1 Å². The van der Waals surface area contributed by atoms with Crippen molar-refractivity contribution in [1.29, 1.82) is 0 Å². The van der Waals surface area contributed by atoms with Gasteiger partial charge in [0.1, 0.15) is 5.75 Å².